The molecule has 102 valence electrons. The summed E-state index contributed by atoms with van der Waals surface area (Å²) in [5, 5.41) is 0.882. The third-order valence-corrected chi connectivity index (χ3v) is 5.78. The topological polar surface area (TPSA) is 79.7 Å². The molecule has 0 heterocycles. The van der Waals surface area contributed by atoms with Crippen molar-refractivity contribution in [3.8, 4) is 0 Å². The van der Waals surface area contributed by atoms with Crippen LogP contribution >= 0.6 is 0 Å². The summed E-state index contributed by atoms with van der Waals surface area (Å²) in [6.07, 6.45) is 0. The molecule has 1 aromatic carbocycles. The first-order chi connectivity index (χ1) is 8.56. The Hall–Kier alpha value is -0.763. The Balaban J connectivity index is 3.43. The van der Waals surface area contributed by atoms with Gasteiger partial charge in [0.1, 0.15) is 0 Å². The number of hydrogen-bond donors (Lipinski definition) is 2. The highest BCUT2D eigenvalue weighted by molar-refractivity contribution is 6.75. The van der Waals surface area contributed by atoms with E-state index in [4.69, 9.17) is 24.7 Å². The minimum Gasteiger partial charge on any atom is -0.373 e. The maximum absolute atomic E-state index is 5.96. The van der Waals surface area contributed by atoms with Crippen molar-refractivity contribution in [3.63, 3.8) is 0 Å². The minimum absolute atomic E-state index is 0.0965. The van der Waals surface area contributed by atoms with E-state index >= 15 is 0 Å². The minimum atomic E-state index is -2.87. The molecule has 1 unspecified atom stereocenters. The Morgan fingerprint density at radius 3 is 2.11 bits per heavy atom. The molecule has 0 saturated heterocycles. The van der Waals surface area contributed by atoms with Gasteiger partial charge in [0.2, 0.25) is 0 Å². The lowest BCUT2D eigenvalue weighted by molar-refractivity contribution is 0.140. The molecule has 0 bridgehead atoms. The first-order valence-electron chi connectivity index (χ1n) is 5.79. The summed E-state index contributed by atoms with van der Waals surface area (Å²) < 4.78 is 16.5. The summed E-state index contributed by atoms with van der Waals surface area (Å²) in [5.41, 5.74) is 13.8. The summed E-state index contributed by atoms with van der Waals surface area (Å²) in [7, 11) is 1.87. The van der Waals surface area contributed by atoms with Gasteiger partial charge < -0.3 is 24.7 Å². The van der Waals surface area contributed by atoms with Crippen molar-refractivity contribution in [2.24, 2.45) is 11.5 Å². The maximum Gasteiger partial charge on any atom is 0.536 e. The van der Waals surface area contributed by atoms with Crippen molar-refractivity contribution >= 4 is 14.0 Å². The van der Waals surface area contributed by atoms with Gasteiger partial charge in [-0.1, -0.05) is 18.2 Å². The van der Waals surface area contributed by atoms with E-state index in [1.807, 2.05) is 25.1 Å². The smallest absolute Gasteiger partial charge is 0.373 e. The van der Waals surface area contributed by atoms with Crippen molar-refractivity contribution in [2.45, 2.75) is 19.5 Å². The van der Waals surface area contributed by atoms with Gasteiger partial charge in [-0.05, 0) is 18.1 Å². The Morgan fingerprint density at radius 2 is 1.72 bits per heavy atom. The summed E-state index contributed by atoms with van der Waals surface area (Å²) in [4.78, 5) is 0. The van der Waals surface area contributed by atoms with Crippen LogP contribution in [0.15, 0.2) is 18.2 Å². The molecule has 1 rings (SSSR count). The van der Waals surface area contributed by atoms with Gasteiger partial charge in [-0.3, -0.25) is 0 Å². The lowest BCUT2D eigenvalue weighted by Gasteiger charge is -2.28. The molecule has 0 radical (unpaired) electrons. The largest absolute Gasteiger partial charge is 0.536 e. The van der Waals surface area contributed by atoms with Crippen LogP contribution in [0.3, 0.4) is 0 Å². The van der Waals surface area contributed by atoms with E-state index in [1.54, 1.807) is 21.3 Å². The zero-order chi connectivity index (χ0) is 13.8. The predicted molar refractivity (Wildman–Crippen MR) is 73.4 cm³/mol. The third kappa shape index (κ3) is 2.63. The quantitative estimate of drug-likeness (QED) is 0.724. The van der Waals surface area contributed by atoms with E-state index in [2.05, 4.69) is 0 Å². The van der Waals surface area contributed by atoms with Crippen LogP contribution in [0.1, 0.15) is 24.1 Å². The van der Waals surface area contributed by atoms with Crippen LogP contribution in [0, 0.1) is 0 Å². The second-order valence-corrected chi connectivity index (χ2v) is 6.91. The molecular formula is C12H22N2O3Si. The molecule has 1 aromatic rings. The molecule has 0 aliphatic carbocycles. The molecule has 5 nitrogen and oxygen atoms in total. The molecule has 0 aliphatic rings. The predicted octanol–water partition coefficient (Wildman–Crippen LogP) is 0.250. The summed E-state index contributed by atoms with van der Waals surface area (Å²) in [5.74, 6) is 0. The lowest BCUT2D eigenvalue weighted by Crippen LogP contribution is -2.56. The molecule has 0 fully saturated rings. The highest BCUT2D eigenvalue weighted by atomic mass is 28.4. The highest BCUT2D eigenvalue weighted by Gasteiger charge is 2.42. The molecule has 18 heavy (non-hydrogen) atoms. The van der Waals surface area contributed by atoms with Gasteiger partial charge in [-0.15, -0.1) is 0 Å². The highest BCUT2D eigenvalue weighted by Crippen LogP contribution is 2.18. The Kier molecular flexibility index (Phi) is 5.45. The van der Waals surface area contributed by atoms with Gasteiger partial charge in [0.05, 0.1) is 0 Å². The zero-order valence-corrected chi connectivity index (χ0v) is 12.4. The summed E-state index contributed by atoms with van der Waals surface area (Å²) >= 11 is 0. The average Bonchev–Trinajstić information content (AvgIpc) is 2.41. The van der Waals surface area contributed by atoms with Gasteiger partial charge in [0.15, 0.2) is 0 Å². The van der Waals surface area contributed by atoms with Crippen LogP contribution in [-0.2, 0) is 19.8 Å². The number of nitrogens with two attached hydrogens (primary N) is 2. The van der Waals surface area contributed by atoms with Gasteiger partial charge >= 0.3 is 8.80 Å². The van der Waals surface area contributed by atoms with E-state index in [9.17, 15) is 0 Å². The normalized spacial score (nSPS) is 13.7. The fourth-order valence-corrected chi connectivity index (χ4v) is 4.20. The molecule has 0 aliphatic heterocycles. The average molecular weight is 270 g/mol. The summed E-state index contributed by atoms with van der Waals surface area (Å²) in [6.45, 7) is 2.30. The molecule has 4 N–H and O–H groups in total. The van der Waals surface area contributed by atoms with Gasteiger partial charge in [0, 0.05) is 39.1 Å². The molecule has 0 saturated carbocycles. The first-order valence-corrected chi connectivity index (χ1v) is 7.52. The maximum atomic E-state index is 5.96. The van der Waals surface area contributed by atoms with E-state index in [1.165, 1.54) is 0 Å². The Labute approximate surface area is 109 Å². The van der Waals surface area contributed by atoms with Crippen molar-refractivity contribution in [1.82, 2.24) is 0 Å². The van der Waals surface area contributed by atoms with E-state index in [0.717, 1.165) is 16.3 Å². The number of hydrogen-bond acceptors (Lipinski definition) is 5. The fraction of sp³-hybridized carbons (Fsp3) is 0.500. The van der Waals surface area contributed by atoms with Crippen molar-refractivity contribution in [1.29, 1.82) is 0 Å². The SMILES string of the molecule is CO[Si](OC)(OC)c1cccc(C(C)N)c1CN. The van der Waals surface area contributed by atoms with Crippen LogP contribution in [0.25, 0.3) is 0 Å². The molecule has 0 aromatic heterocycles. The van der Waals surface area contributed by atoms with Crippen LogP contribution in [0.4, 0.5) is 0 Å². The lowest BCUT2D eigenvalue weighted by atomic mass is 10.0. The van der Waals surface area contributed by atoms with Gasteiger partial charge in [-0.2, -0.15) is 0 Å². The van der Waals surface area contributed by atoms with Gasteiger partial charge in [-0.25, -0.2) is 0 Å². The number of benzene rings is 1. The number of rotatable bonds is 6. The van der Waals surface area contributed by atoms with Crippen LogP contribution < -0.4 is 16.7 Å². The summed E-state index contributed by atoms with van der Waals surface area (Å²) in [6, 6.07) is 5.72. The molecule has 0 amide bonds. The molecule has 6 heteroatoms. The van der Waals surface area contributed by atoms with Gasteiger partial charge in [0.25, 0.3) is 0 Å². The standard InChI is InChI=1S/C12H22N2O3Si/c1-9(14)10-6-5-7-12(11(10)8-13)18(15-2,16-3)17-4/h5-7,9H,8,13-14H2,1-4H3. The van der Waals surface area contributed by atoms with Crippen LogP contribution in [-0.4, -0.2) is 30.1 Å². The van der Waals surface area contributed by atoms with E-state index < -0.39 is 8.80 Å². The zero-order valence-electron chi connectivity index (χ0n) is 11.4. The molecule has 1 atom stereocenters. The van der Waals surface area contributed by atoms with E-state index in [0.29, 0.717) is 6.54 Å². The van der Waals surface area contributed by atoms with E-state index in [-0.39, 0.29) is 6.04 Å². The first kappa shape index (κ1) is 15.3. The third-order valence-electron chi connectivity index (χ3n) is 3.04. The monoisotopic (exact) mass is 270 g/mol. The molecular weight excluding hydrogens is 248 g/mol. The van der Waals surface area contributed by atoms with Crippen molar-refractivity contribution in [2.75, 3.05) is 21.3 Å². The van der Waals surface area contributed by atoms with Crippen LogP contribution in [0.2, 0.25) is 0 Å². The Bertz CT molecular complexity index is 387. The fourth-order valence-electron chi connectivity index (χ4n) is 2.13. The van der Waals surface area contributed by atoms with Crippen molar-refractivity contribution < 1.29 is 13.3 Å². The Morgan fingerprint density at radius 1 is 1.17 bits per heavy atom. The molecule has 0 spiro atoms. The second-order valence-electron chi connectivity index (χ2n) is 4.03. The van der Waals surface area contributed by atoms with Crippen molar-refractivity contribution in [3.05, 3.63) is 29.3 Å². The second kappa shape index (κ2) is 6.42. The van der Waals surface area contributed by atoms with Crippen LogP contribution in [0.5, 0.6) is 0 Å².